The van der Waals surface area contributed by atoms with Crippen LogP contribution in [0.1, 0.15) is 158 Å². The van der Waals surface area contributed by atoms with Gasteiger partial charge in [-0.25, -0.2) is 0 Å². The molecule has 0 aliphatic carbocycles. The fourth-order valence-corrected chi connectivity index (χ4v) is 11.8. The number of rotatable bonds is 3. The quantitative estimate of drug-likeness (QED) is 0.155. The fourth-order valence-electron chi connectivity index (χ4n) is 11.8. The summed E-state index contributed by atoms with van der Waals surface area (Å²) < 4.78 is 0. The van der Waals surface area contributed by atoms with Gasteiger partial charge in [-0.05, 0) is 200 Å². The Morgan fingerprint density at radius 3 is 0.420 bits per heavy atom. The summed E-state index contributed by atoms with van der Waals surface area (Å²) in [5, 5.41) is 15.8. The molecule has 4 heteroatoms. The highest BCUT2D eigenvalue weighted by Gasteiger charge is 2.25. The van der Waals surface area contributed by atoms with E-state index in [2.05, 4.69) is 343 Å². The maximum atomic E-state index is 7.23. The summed E-state index contributed by atoms with van der Waals surface area (Å²) in [6.07, 6.45) is 0. The van der Waals surface area contributed by atoms with Crippen LogP contribution in [-0.4, -0.2) is 14.7 Å². The molecule has 0 atom stereocenters. The van der Waals surface area contributed by atoms with Gasteiger partial charge in [-0.3, -0.25) is 0 Å². The molecule has 0 aromatic heterocycles. The van der Waals surface area contributed by atoms with Crippen LogP contribution in [0.3, 0.4) is 0 Å². The standard InChI is InChI=1S/3C28H30.H3O3P/c3*1-27(2,3)21-15-19-11-7-9-13-23(19)25(17-21)26-18-22(28(4,5)6)16-20-12-8-10-14-24(20)26;1-4(2)3/h3*7-18H,1-6H3;1-3H. The molecule has 12 rings (SSSR count). The zero-order valence-corrected chi connectivity index (χ0v) is 56.5. The van der Waals surface area contributed by atoms with E-state index in [1.165, 1.54) is 131 Å². The molecular weight excluding hydrogens is 1090 g/mol. The second kappa shape index (κ2) is 25.2. The lowest BCUT2D eigenvalue weighted by molar-refractivity contribution is 0.368. The minimum atomic E-state index is -2.62. The summed E-state index contributed by atoms with van der Waals surface area (Å²) >= 11 is 0. The van der Waals surface area contributed by atoms with Crippen LogP contribution in [0.25, 0.3) is 98.0 Å². The first-order valence-corrected chi connectivity index (χ1v) is 32.4. The van der Waals surface area contributed by atoms with E-state index >= 15 is 0 Å². The molecule has 12 aromatic rings. The van der Waals surface area contributed by atoms with Crippen LogP contribution in [0.4, 0.5) is 0 Å². The molecule has 3 nitrogen and oxygen atoms in total. The van der Waals surface area contributed by atoms with Gasteiger partial charge in [0.25, 0.3) is 0 Å². The minimum Gasteiger partial charge on any atom is -0.328 e. The van der Waals surface area contributed by atoms with E-state index in [1.54, 1.807) is 0 Å². The third kappa shape index (κ3) is 14.8. The third-order valence-corrected chi connectivity index (χ3v) is 17.2. The monoisotopic (exact) mass is 1180 g/mol. The maximum absolute atomic E-state index is 7.23. The Kier molecular flexibility index (Phi) is 18.6. The van der Waals surface area contributed by atoms with E-state index in [9.17, 15) is 0 Å². The Hall–Kier alpha value is -7.49. The Bertz CT molecular complexity index is 3740. The van der Waals surface area contributed by atoms with Crippen LogP contribution >= 0.6 is 8.60 Å². The first kappa shape index (κ1) is 65.0. The van der Waals surface area contributed by atoms with Gasteiger partial charge < -0.3 is 14.7 Å². The van der Waals surface area contributed by atoms with Gasteiger partial charge in [-0.1, -0.05) is 307 Å². The second-order valence-corrected chi connectivity index (χ2v) is 30.8. The van der Waals surface area contributed by atoms with Crippen molar-refractivity contribution in [2.24, 2.45) is 0 Å². The summed E-state index contributed by atoms with van der Waals surface area (Å²) in [5.41, 5.74) is 17.0. The number of hydrogen-bond acceptors (Lipinski definition) is 3. The summed E-state index contributed by atoms with van der Waals surface area (Å²) in [4.78, 5) is 21.7. The normalized spacial score (nSPS) is 12.5. The summed E-state index contributed by atoms with van der Waals surface area (Å²) in [6, 6.07) is 81.4. The van der Waals surface area contributed by atoms with Gasteiger partial charge in [-0.15, -0.1) is 0 Å². The van der Waals surface area contributed by atoms with Crippen LogP contribution in [0.5, 0.6) is 0 Å². The van der Waals surface area contributed by atoms with Crippen molar-refractivity contribution < 1.29 is 14.7 Å². The molecule has 0 radical (unpaired) electrons. The molecule has 0 aliphatic heterocycles. The van der Waals surface area contributed by atoms with Crippen LogP contribution in [-0.2, 0) is 32.5 Å². The molecule has 0 amide bonds. The Morgan fingerprint density at radius 1 is 0.193 bits per heavy atom. The summed E-state index contributed by atoms with van der Waals surface area (Å²) in [6.45, 7) is 41.3. The number of hydrogen-bond donors (Lipinski definition) is 3. The van der Waals surface area contributed by atoms with Gasteiger partial charge in [0.2, 0.25) is 0 Å². The highest BCUT2D eigenvalue weighted by Crippen LogP contribution is 2.44. The first-order chi connectivity index (χ1) is 41.2. The van der Waals surface area contributed by atoms with Crippen molar-refractivity contribution in [1.29, 1.82) is 0 Å². The van der Waals surface area contributed by atoms with Crippen LogP contribution in [0.2, 0.25) is 0 Å². The van der Waals surface area contributed by atoms with Crippen molar-refractivity contribution >= 4 is 73.2 Å². The van der Waals surface area contributed by atoms with Crippen molar-refractivity contribution in [1.82, 2.24) is 0 Å². The smallest absolute Gasteiger partial charge is 0.324 e. The Balaban J connectivity index is 0.000000152. The van der Waals surface area contributed by atoms with Crippen molar-refractivity contribution in [3.63, 3.8) is 0 Å². The minimum absolute atomic E-state index is 0.107. The summed E-state index contributed by atoms with van der Waals surface area (Å²) in [5.74, 6) is 0. The lowest BCUT2D eigenvalue weighted by atomic mass is 9.80. The second-order valence-electron chi connectivity index (χ2n) is 30.2. The topological polar surface area (TPSA) is 60.7 Å². The molecule has 3 N–H and O–H groups in total. The molecule has 0 saturated carbocycles. The average Bonchev–Trinajstić information content (AvgIpc) is 1.02. The van der Waals surface area contributed by atoms with Gasteiger partial charge in [0, 0.05) is 0 Å². The zero-order chi connectivity index (χ0) is 63.9. The van der Waals surface area contributed by atoms with Crippen molar-refractivity contribution in [2.75, 3.05) is 0 Å². The van der Waals surface area contributed by atoms with Crippen molar-refractivity contribution in [3.8, 4) is 33.4 Å². The summed E-state index contributed by atoms with van der Waals surface area (Å²) in [7, 11) is -2.62. The molecular formula is C84H93O3P. The Labute approximate surface area is 527 Å². The first-order valence-electron chi connectivity index (χ1n) is 31.2. The molecule has 12 aromatic carbocycles. The molecule has 0 saturated heterocycles. The van der Waals surface area contributed by atoms with E-state index < -0.39 is 8.60 Å². The van der Waals surface area contributed by atoms with Gasteiger partial charge in [0.15, 0.2) is 0 Å². The van der Waals surface area contributed by atoms with Crippen LogP contribution < -0.4 is 0 Å². The lowest BCUT2D eigenvalue weighted by Gasteiger charge is -2.24. The largest absolute Gasteiger partial charge is 0.328 e. The predicted molar refractivity (Wildman–Crippen MR) is 386 cm³/mol. The van der Waals surface area contributed by atoms with Gasteiger partial charge in [-0.2, -0.15) is 0 Å². The molecule has 0 fully saturated rings. The van der Waals surface area contributed by atoms with Gasteiger partial charge in [0.1, 0.15) is 0 Å². The van der Waals surface area contributed by atoms with Crippen LogP contribution in [0.15, 0.2) is 218 Å². The fraction of sp³-hybridized carbons (Fsp3) is 0.286. The van der Waals surface area contributed by atoms with E-state index in [0.717, 1.165) is 0 Å². The predicted octanol–water partition coefficient (Wildman–Crippen LogP) is 24.0. The molecule has 452 valence electrons. The molecule has 0 heterocycles. The highest BCUT2D eigenvalue weighted by molar-refractivity contribution is 7.38. The van der Waals surface area contributed by atoms with Crippen molar-refractivity contribution in [3.05, 3.63) is 252 Å². The van der Waals surface area contributed by atoms with E-state index in [0.29, 0.717) is 0 Å². The SMILES string of the molecule is CC(C)(C)c1cc(-c2cc(C(C)(C)C)cc3ccccc23)c2ccccc2c1.CC(C)(C)c1cc(-c2cc(C(C)(C)C)cc3ccccc23)c2ccccc2c1.CC(C)(C)c1cc(-c2cc(C(C)(C)C)cc3ccccc23)c2ccccc2c1.OP(O)O. The molecule has 0 bridgehead atoms. The van der Waals surface area contributed by atoms with E-state index in [1.807, 2.05) is 0 Å². The zero-order valence-electron chi connectivity index (χ0n) is 55.6. The third-order valence-electron chi connectivity index (χ3n) is 17.2. The number of fused-ring (bicyclic) bond motifs is 6. The van der Waals surface area contributed by atoms with E-state index in [-0.39, 0.29) is 32.5 Å². The molecule has 0 unspecified atom stereocenters. The molecule has 0 aliphatic rings. The van der Waals surface area contributed by atoms with Gasteiger partial charge >= 0.3 is 8.60 Å². The van der Waals surface area contributed by atoms with E-state index in [4.69, 9.17) is 14.7 Å². The molecule has 88 heavy (non-hydrogen) atoms. The lowest BCUT2D eigenvalue weighted by Crippen LogP contribution is -2.12. The van der Waals surface area contributed by atoms with Crippen molar-refractivity contribution in [2.45, 2.75) is 157 Å². The maximum Gasteiger partial charge on any atom is 0.324 e. The number of benzene rings is 12. The Morgan fingerprint density at radius 2 is 0.307 bits per heavy atom. The highest BCUT2D eigenvalue weighted by atomic mass is 31.2. The average molecular weight is 1180 g/mol. The van der Waals surface area contributed by atoms with Gasteiger partial charge in [0.05, 0.1) is 0 Å². The van der Waals surface area contributed by atoms with Crippen LogP contribution in [0, 0.1) is 0 Å². The molecule has 0 spiro atoms.